The molecule has 0 aliphatic rings. The number of urea groups is 1. The maximum atomic E-state index is 12.5. The summed E-state index contributed by atoms with van der Waals surface area (Å²) in [4.78, 5) is 39.2. The Morgan fingerprint density at radius 3 is 2.06 bits per heavy atom. The van der Waals surface area contributed by atoms with Crippen molar-refractivity contribution in [3.63, 3.8) is 0 Å². The third-order valence-corrected chi connectivity index (χ3v) is 5.54. The van der Waals surface area contributed by atoms with Crippen molar-refractivity contribution < 1.29 is 14.4 Å². The second-order valence-electron chi connectivity index (χ2n) is 6.62. The Hall–Kier alpha value is -3.65. The number of para-hydroxylation sites is 1. The van der Waals surface area contributed by atoms with Gasteiger partial charge in [-0.3, -0.25) is 14.9 Å². The molecule has 0 spiro atoms. The molecule has 3 aromatic rings. The van der Waals surface area contributed by atoms with Crippen molar-refractivity contribution in [2.24, 2.45) is 0 Å². The monoisotopic (exact) mass is 436 g/mol. The summed E-state index contributed by atoms with van der Waals surface area (Å²) in [5.41, 5.74) is 1.84. The van der Waals surface area contributed by atoms with Gasteiger partial charge in [0.2, 0.25) is 0 Å². The lowest BCUT2D eigenvalue weighted by molar-refractivity contribution is 0.0773. The Morgan fingerprint density at radius 2 is 1.42 bits per heavy atom. The van der Waals surface area contributed by atoms with Crippen LogP contribution in [-0.4, -0.2) is 35.8 Å². The molecule has 0 unspecified atom stereocenters. The molecule has 8 heteroatoms. The number of amides is 4. The van der Waals surface area contributed by atoms with E-state index in [-0.39, 0.29) is 17.8 Å². The Kier molecular flexibility index (Phi) is 7.40. The van der Waals surface area contributed by atoms with E-state index >= 15 is 0 Å². The van der Waals surface area contributed by atoms with Crippen LogP contribution in [0.5, 0.6) is 0 Å². The van der Waals surface area contributed by atoms with E-state index in [1.165, 1.54) is 11.3 Å². The highest BCUT2D eigenvalue weighted by Gasteiger charge is 2.14. The highest BCUT2D eigenvalue weighted by atomic mass is 32.1. The third-order valence-electron chi connectivity index (χ3n) is 4.54. The molecule has 0 saturated carbocycles. The first-order valence-electron chi connectivity index (χ1n) is 9.93. The van der Waals surface area contributed by atoms with Crippen LogP contribution in [0.3, 0.4) is 0 Å². The molecule has 31 heavy (non-hydrogen) atoms. The van der Waals surface area contributed by atoms with Gasteiger partial charge in [-0.25, -0.2) is 4.79 Å². The molecule has 0 fully saturated rings. The fourth-order valence-electron chi connectivity index (χ4n) is 2.91. The Balaban J connectivity index is 1.57. The predicted octanol–water partition coefficient (Wildman–Crippen LogP) is 5.13. The van der Waals surface area contributed by atoms with E-state index in [1.54, 1.807) is 53.4 Å². The Bertz CT molecular complexity index is 1040. The van der Waals surface area contributed by atoms with Gasteiger partial charge >= 0.3 is 6.03 Å². The molecule has 1 heterocycles. The standard InChI is InChI=1S/C23H24N4O3S/c1-3-27(4-2)22(29)16-10-12-18(13-11-16)24-21(28)19-14-15-20(31-19)26-23(30)25-17-8-6-5-7-9-17/h5-15H,3-4H2,1-2H3,(H,24,28)(H2,25,26,30). The summed E-state index contributed by atoms with van der Waals surface area (Å²) in [5, 5.41) is 8.80. The quantitative estimate of drug-likeness (QED) is 0.480. The largest absolute Gasteiger partial charge is 0.339 e. The van der Waals surface area contributed by atoms with Crippen molar-refractivity contribution in [3.05, 3.63) is 77.2 Å². The lowest BCUT2D eigenvalue weighted by Crippen LogP contribution is -2.30. The van der Waals surface area contributed by atoms with Crippen molar-refractivity contribution in [2.45, 2.75) is 13.8 Å². The number of carbonyl (C=O) groups is 3. The van der Waals surface area contributed by atoms with E-state index in [0.29, 0.717) is 39.9 Å². The first-order valence-corrected chi connectivity index (χ1v) is 10.8. The fraction of sp³-hybridized carbons (Fsp3) is 0.174. The molecule has 0 saturated heterocycles. The second-order valence-corrected chi connectivity index (χ2v) is 7.70. The molecule has 0 atom stereocenters. The van der Waals surface area contributed by atoms with Crippen LogP contribution < -0.4 is 16.0 Å². The summed E-state index contributed by atoms with van der Waals surface area (Å²) >= 11 is 1.17. The summed E-state index contributed by atoms with van der Waals surface area (Å²) in [6, 6.07) is 18.8. The van der Waals surface area contributed by atoms with Crippen molar-refractivity contribution >= 4 is 45.6 Å². The molecule has 7 nitrogen and oxygen atoms in total. The number of thiophene rings is 1. The number of nitrogens with zero attached hydrogens (tertiary/aromatic N) is 1. The molecule has 0 aliphatic heterocycles. The van der Waals surface area contributed by atoms with Crippen molar-refractivity contribution in [1.82, 2.24) is 4.90 Å². The maximum Gasteiger partial charge on any atom is 0.324 e. The van der Waals surface area contributed by atoms with Crippen LogP contribution in [0.2, 0.25) is 0 Å². The molecule has 3 rings (SSSR count). The van der Waals surface area contributed by atoms with Gasteiger partial charge in [-0.05, 0) is 62.4 Å². The zero-order valence-corrected chi connectivity index (χ0v) is 18.2. The van der Waals surface area contributed by atoms with Crippen LogP contribution in [-0.2, 0) is 0 Å². The zero-order chi connectivity index (χ0) is 22.2. The number of anilines is 3. The van der Waals surface area contributed by atoms with E-state index < -0.39 is 0 Å². The number of hydrogen-bond acceptors (Lipinski definition) is 4. The minimum absolute atomic E-state index is 0.0365. The number of benzene rings is 2. The SMILES string of the molecule is CCN(CC)C(=O)c1ccc(NC(=O)c2ccc(NC(=O)Nc3ccccc3)s2)cc1. The predicted molar refractivity (Wildman–Crippen MR) is 125 cm³/mol. The smallest absolute Gasteiger partial charge is 0.324 e. The molecule has 0 bridgehead atoms. The summed E-state index contributed by atoms with van der Waals surface area (Å²) in [7, 11) is 0. The molecular weight excluding hydrogens is 412 g/mol. The molecular formula is C23H24N4O3S. The van der Waals surface area contributed by atoms with E-state index in [1.807, 2.05) is 32.0 Å². The van der Waals surface area contributed by atoms with Crippen LogP contribution in [0, 0.1) is 0 Å². The molecule has 160 valence electrons. The van der Waals surface area contributed by atoms with Gasteiger partial charge in [0.25, 0.3) is 11.8 Å². The maximum absolute atomic E-state index is 12.5. The normalized spacial score (nSPS) is 10.3. The van der Waals surface area contributed by atoms with Gasteiger partial charge in [-0.15, -0.1) is 11.3 Å². The van der Waals surface area contributed by atoms with E-state index in [0.717, 1.165) is 0 Å². The van der Waals surface area contributed by atoms with E-state index in [9.17, 15) is 14.4 Å². The summed E-state index contributed by atoms with van der Waals surface area (Å²) < 4.78 is 0. The van der Waals surface area contributed by atoms with Crippen molar-refractivity contribution in [1.29, 1.82) is 0 Å². The first-order chi connectivity index (χ1) is 15.0. The van der Waals surface area contributed by atoms with Crippen LogP contribution >= 0.6 is 11.3 Å². The van der Waals surface area contributed by atoms with Crippen LogP contribution in [0.15, 0.2) is 66.7 Å². The molecule has 2 aromatic carbocycles. The zero-order valence-electron chi connectivity index (χ0n) is 17.3. The van der Waals surface area contributed by atoms with Gasteiger partial charge in [-0.1, -0.05) is 18.2 Å². The van der Waals surface area contributed by atoms with Crippen LogP contribution in [0.4, 0.5) is 21.2 Å². The molecule has 4 amide bonds. The van der Waals surface area contributed by atoms with E-state index in [4.69, 9.17) is 0 Å². The third kappa shape index (κ3) is 5.93. The number of carbonyl (C=O) groups excluding carboxylic acids is 3. The molecule has 1 aromatic heterocycles. The lowest BCUT2D eigenvalue weighted by Gasteiger charge is -2.18. The van der Waals surface area contributed by atoms with Crippen molar-refractivity contribution in [3.8, 4) is 0 Å². The fourth-order valence-corrected chi connectivity index (χ4v) is 3.70. The van der Waals surface area contributed by atoms with E-state index in [2.05, 4.69) is 16.0 Å². The molecule has 0 radical (unpaired) electrons. The highest BCUT2D eigenvalue weighted by Crippen LogP contribution is 2.23. The Morgan fingerprint density at radius 1 is 0.774 bits per heavy atom. The van der Waals surface area contributed by atoms with Gasteiger partial charge in [0.05, 0.1) is 9.88 Å². The number of nitrogens with one attached hydrogen (secondary N) is 3. The molecule has 0 aliphatic carbocycles. The van der Waals surface area contributed by atoms with Crippen molar-refractivity contribution in [2.75, 3.05) is 29.0 Å². The van der Waals surface area contributed by atoms with Gasteiger partial charge in [-0.2, -0.15) is 0 Å². The van der Waals surface area contributed by atoms with Gasteiger partial charge in [0, 0.05) is 30.0 Å². The van der Waals surface area contributed by atoms with Gasteiger partial charge in [0.1, 0.15) is 0 Å². The minimum atomic E-state index is -0.381. The number of rotatable bonds is 7. The van der Waals surface area contributed by atoms with Crippen LogP contribution in [0.1, 0.15) is 33.9 Å². The topological polar surface area (TPSA) is 90.5 Å². The number of hydrogen-bond donors (Lipinski definition) is 3. The summed E-state index contributed by atoms with van der Waals surface area (Å²) in [6.45, 7) is 5.16. The Labute approximate surface area is 185 Å². The minimum Gasteiger partial charge on any atom is -0.339 e. The highest BCUT2D eigenvalue weighted by molar-refractivity contribution is 7.18. The average molecular weight is 437 g/mol. The lowest BCUT2D eigenvalue weighted by atomic mass is 10.1. The average Bonchev–Trinajstić information content (AvgIpc) is 3.24. The summed E-state index contributed by atoms with van der Waals surface area (Å²) in [5.74, 6) is -0.324. The second kappa shape index (κ2) is 10.4. The first kappa shape index (κ1) is 22.0. The van der Waals surface area contributed by atoms with Crippen LogP contribution in [0.25, 0.3) is 0 Å². The molecule has 3 N–H and O–H groups in total. The summed E-state index contributed by atoms with van der Waals surface area (Å²) in [6.07, 6.45) is 0. The van der Waals surface area contributed by atoms with Gasteiger partial charge in [0.15, 0.2) is 0 Å². The van der Waals surface area contributed by atoms with Gasteiger partial charge < -0.3 is 15.5 Å².